The van der Waals surface area contributed by atoms with Gasteiger partial charge in [0.1, 0.15) is 24.0 Å². The van der Waals surface area contributed by atoms with E-state index in [4.69, 9.17) is 17.0 Å². The summed E-state index contributed by atoms with van der Waals surface area (Å²) in [5.74, 6) is -0.346. The normalized spacial score (nSPS) is 30.9. The van der Waals surface area contributed by atoms with Gasteiger partial charge in [-0.25, -0.2) is 4.98 Å². The number of nitrogen functional groups attached to an aromatic ring is 1. The van der Waals surface area contributed by atoms with Gasteiger partial charge in [0.25, 0.3) is 0 Å². The fraction of sp³-hybridized carbons (Fsp3) is 0.500. The molecule has 3 heterocycles. The van der Waals surface area contributed by atoms with Gasteiger partial charge in [0, 0.05) is 0 Å². The van der Waals surface area contributed by atoms with Crippen molar-refractivity contribution >= 4 is 17.1 Å². The molecule has 2 aromatic rings. The zero-order chi connectivity index (χ0) is 15.3. The number of hydrogen-bond donors (Lipinski definition) is 5. The van der Waals surface area contributed by atoms with Crippen molar-refractivity contribution in [3.8, 4) is 0 Å². The maximum absolute atomic E-state index is 11.7. The van der Waals surface area contributed by atoms with Crippen LogP contribution < -0.4 is 11.3 Å². The molecule has 10 heteroatoms. The standard InChI is InChI=1S/C10H13N5O5/c11-10-13-7-4(8(19)14-10)12-2-15(7)9-6(18)5(17)3(1-16)20-9/h2-3,5-6,9,16-18H,1H2,(H3,11,13,14,19)/t3-,5-,6-,9-/m1/s1/i/hD. The molecule has 20 heavy (non-hydrogen) atoms. The quantitative estimate of drug-likeness (QED) is 0.398. The van der Waals surface area contributed by atoms with E-state index in [-0.39, 0.29) is 17.1 Å². The Morgan fingerprint density at radius 2 is 2.30 bits per heavy atom. The maximum atomic E-state index is 11.7. The molecule has 2 aromatic heterocycles. The van der Waals surface area contributed by atoms with E-state index >= 15 is 0 Å². The first-order valence-corrected chi connectivity index (χ1v) is 5.82. The Morgan fingerprint density at radius 1 is 1.55 bits per heavy atom. The number of nitrogens with zero attached hydrogens (tertiary/aromatic N) is 3. The highest BCUT2D eigenvalue weighted by Gasteiger charge is 2.43. The first kappa shape index (κ1) is 11.8. The molecule has 4 atom stereocenters. The van der Waals surface area contributed by atoms with Gasteiger partial charge in [-0.3, -0.25) is 9.36 Å². The van der Waals surface area contributed by atoms with Gasteiger partial charge in [-0.15, -0.1) is 0 Å². The smallest absolute Gasteiger partial charge is 0.302 e. The second-order valence-electron chi connectivity index (χ2n) is 4.44. The van der Waals surface area contributed by atoms with Gasteiger partial charge in [-0.05, 0) is 0 Å². The van der Waals surface area contributed by atoms with Crippen LogP contribution in [0.3, 0.4) is 0 Å². The van der Waals surface area contributed by atoms with Gasteiger partial charge in [0.05, 0.1) is 12.9 Å². The summed E-state index contributed by atoms with van der Waals surface area (Å²) in [5, 5.41) is 28.8. The molecule has 0 aromatic carbocycles. The molecular formula is C10H13N5O5. The van der Waals surface area contributed by atoms with Crippen molar-refractivity contribution in [1.29, 1.82) is 0 Å². The van der Waals surface area contributed by atoms with Gasteiger partial charge < -0.3 is 30.8 Å². The molecule has 3 rings (SSSR count). The second kappa shape index (κ2) is 4.52. The zero-order valence-corrected chi connectivity index (χ0v) is 10.1. The van der Waals surface area contributed by atoms with E-state index in [0.717, 1.165) is 0 Å². The molecule has 0 bridgehead atoms. The molecule has 10 nitrogen and oxygen atoms in total. The van der Waals surface area contributed by atoms with Crippen molar-refractivity contribution in [2.75, 3.05) is 12.3 Å². The molecule has 0 unspecified atom stereocenters. The van der Waals surface area contributed by atoms with E-state index in [1.807, 2.05) is 0 Å². The van der Waals surface area contributed by atoms with Crippen LogP contribution in [0.5, 0.6) is 0 Å². The lowest BCUT2D eigenvalue weighted by Crippen LogP contribution is -2.33. The highest BCUT2D eigenvalue weighted by molar-refractivity contribution is 5.70. The predicted octanol–water partition coefficient (Wildman–Crippen LogP) is -2.69. The lowest BCUT2D eigenvalue weighted by molar-refractivity contribution is -0.0511. The van der Waals surface area contributed by atoms with Crippen molar-refractivity contribution < 1.29 is 21.5 Å². The van der Waals surface area contributed by atoms with Crippen LogP contribution in [-0.2, 0) is 4.74 Å². The minimum atomic E-state index is -1.36. The molecule has 0 saturated carbocycles. The number of ether oxygens (including phenoxy) is 1. The minimum absolute atomic E-state index is 0.0256. The molecule has 1 aliphatic heterocycles. The van der Waals surface area contributed by atoms with Crippen molar-refractivity contribution in [1.82, 2.24) is 19.5 Å². The largest absolute Gasteiger partial charge is 0.394 e. The Balaban J connectivity index is 2.16. The second-order valence-corrected chi connectivity index (χ2v) is 4.44. The van der Waals surface area contributed by atoms with Gasteiger partial charge in [0.2, 0.25) is 5.95 Å². The van der Waals surface area contributed by atoms with Crippen LogP contribution in [0.15, 0.2) is 11.1 Å². The van der Waals surface area contributed by atoms with Crippen LogP contribution >= 0.6 is 0 Å². The Hall–Kier alpha value is -2.01. The van der Waals surface area contributed by atoms with Crippen molar-refractivity contribution in [2.45, 2.75) is 24.5 Å². The molecule has 6 N–H and O–H groups in total. The fourth-order valence-electron chi connectivity index (χ4n) is 2.20. The fourth-order valence-corrected chi connectivity index (χ4v) is 2.20. The number of anilines is 1. The number of imidazole rings is 1. The molecule has 1 saturated heterocycles. The molecule has 0 spiro atoms. The monoisotopic (exact) mass is 284 g/mol. The average Bonchev–Trinajstić information content (AvgIpc) is 3.00. The number of rotatable bonds is 2. The lowest BCUT2D eigenvalue weighted by Gasteiger charge is -2.16. The third-order valence-corrected chi connectivity index (χ3v) is 3.20. The Morgan fingerprint density at radius 3 is 2.95 bits per heavy atom. The van der Waals surface area contributed by atoms with Crippen molar-refractivity contribution in [3.63, 3.8) is 0 Å². The van der Waals surface area contributed by atoms with Gasteiger partial charge >= 0.3 is 5.56 Å². The van der Waals surface area contributed by atoms with E-state index < -0.39 is 36.7 Å². The Bertz CT molecular complexity index is 745. The van der Waals surface area contributed by atoms with Gasteiger partial charge in [0.15, 0.2) is 13.2 Å². The molecule has 108 valence electrons. The number of H-pyrrole nitrogens is 1. The number of fused-ring (bicyclic) bond motifs is 1. The van der Waals surface area contributed by atoms with Crippen molar-refractivity contribution in [3.05, 3.63) is 16.7 Å². The molecule has 0 radical (unpaired) electrons. The summed E-state index contributed by atoms with van der Waals surface area (Å²) in [6, 6.07) is 0. The zero-order valence-electron chi connectivity index (χ0n) is 11.1. The Kier molecular flexibility index (Phi) is 2.67. The number of nitrogens with two attached hydrogens (primary N) is 1. The van der Waals surface area contributed by atoms with E-state index in [1.54, 1.807) is 0 Å². The third-order valence-electron chi connectivity index (χ3n) is 3.20. The topological polar surface area (TPSA) is 160 Å². The summed E-state index contributed by atoms with van der Waals surface area (Å²) >= 11 is 0. The summed E-state index contributed by atoms with van der Waals surface area (Å²) in [6.07, 6.45) is -3.57. The van der Waals surface area contributed by atoms with Crippen LogP contribution in [-0.4, -0.2) is 59.8 Å². The average molecular weight is 284 g/mol. The highest BCUT2D eigenvalue weighted by atomic mass is 16.6. The summed E-state index contributed by atoms with van der Waals surface area (Å²) in [7, 11) is 0. The summed E-state index contributed by atoms with van der Waals surface area (Å²) in [5.41, 5.74) is 4.61. The molecular weight excluding hydrogens is 270 g/mol. The molecule has 1 fully saturated rings. The van der Waals surface area contributed by atoms with E-state index in [2.05, 4.69) is 9.97 Å². The third kappa shape index (κ3) is 1.78. The van der Waals surface area contributed by atoms with Crippen LogP contribution in [0.1, 0.15) is 6.23 Å². The number of aliphatic hydroxyl groups is 3. The number of hydrogen-bond acceptors (Lipinski definition) is 8. The van der Waals surface area contributed by atoms with Crippen molar-refractivity contribution in [2.24, 2.45) is 0 Å². The number of aromatic amines is 1. The highest BCUT2D eigenvalue weighted by Crippen LogP contribution is 2.30. The van der Waals surface area contributed by atoms with Gasteiger partial charge in [-0.1, -0.05) is 0 Å². The van der Waals surface area contributed by atoms with E-state index in [9.17, 15) is 15.0 Å². The number of aromatic nitrogens is 4. The van der Waals surface area contributed by atoms with Crippen LogP contribution in [0.2, 0.25) is 1.41 Å². The van der Waals surface area contributed by atoms with Crippen LogP contribution in [0.4, 0.5) is 5.95 Å². The molecule has 0 aliphatic carbocycles. The lowest BCUT2D eigenvalue weighted by atomic mass is 10.1. The molecule has 0 amide bonds. The summed E-state index contributed by atoms with van der Waals surface area (Å²) < 4.78 is 14.3. The SMILES string of the molecule is [2H]n1c(N)nc(=O)c2ncn([C@@H]3O[C@H](CO)[C@@H](O)[C@H]3O)c21. The van der Waals surface area contributed by atoms with E-state index in [0.29, 0.717) is 4.98 Å². The van der Waals surface area contributed by atoms with Gasteiger partial charge in [-0.2, -0.15) is 4.98 Å². The maximum Gasteiger partial charge on any atom is 0.302 e. The number of aliphatic hydroxyl groups excluding tert-OH is 3. The van der Waals surface area contributed by atoms with Crippen LogP contribution in [0.25, 0.3) is 11.2 Å². The minimum Gasteiger partial charge on any atom is -0.394 e. The number of nitrogens with one attached hydrogen (secondary N) is 1. The Labute approximate surface area is 112 Å². The molecule has 1 aliphatic rings. The predicted molar refractivity (Wildman–Crippen MR) is 65.6 cm³/mol. The van der Waals surface area contributed by atoms with Crippen LogP contribution in [0, 0.1) is 0 Å². The summed E-state index contributed by atoms with van der Waals surface area (Å²) in [4.78, 5) is 19.6. The summed E-state index contributed by atoms with van der Waals surface area (Å²) in [6.45, 7) is -0.487. The van der Waals surface area contributed by atoms with E-state index in [1.165, 1.54) is 10.9 Å². The first-order chi connectivity index (χ1) is 9.95. The first-order valence-electron chi connectivity index (χ1n) is 6.27.